The zero-order valence-electron chi connectivity index (χ0n) is 12.9. The zero-order valence-corrected chi connectivity index (χ0v) is 12.9. The van der Waals surface area contributed by atoms with E-state index in [0.29, 0.717) is 5.92 Å². The lowest BCUT2D eigenvalue weighted by Crippen LogP contribution is -2.17. The molecule has 108 valence electrons. The molecule has 0 unspecified atom stereocenters. The Kier molecular flexibility index (Phi) is 4.21. The number of hydrogen-bond acceptors (Lipinski definition) is 3. The Labute approximate surface area is 121 Å². The van der Waals surface area contributed by atoms with Crippen molar-refractivity contribution in [2.45, 2.75) is 47.0 Å². The second-order valence-corrected chi connectivity index (χ2v) is 6.50. The van der Waals surface area contributed by atoms with Crippen LogP contribution >= 0.6 is 0 Å². The SMILES string of the molecule is C=C(C)[C@@H]1CCC(C)=C1CC(C)(C)/C=N/n1cnnc1. The third-order valence-corrected chi connectivity index (χ3v) is 3.96. The van der Waals surface area contributed by atoms with E-state index in [4.69, 9.17) is 0 Å². The Hall–Kier alpha value is -1.71. The molecule has 0 fully saturated rings. The summed E-state index contributed by atoms with van der Waals surface area (Å²) in [6.45, 7) is 13.0. The molecule has 1 heterocycles. The van der Waals surface area contributed by atoms with Crippen molar-refractivity contribution in [1.82, 2.24) is 14.9 Å². The van der Waals surface area contributed by atoms with Crippen molar-refractivity contribution in [3.05, 3.63) is 36.0 Å². The summed E-state index contributed by atoms with van der Waals surface area (Å²) in [6, 6.07) is 0. The number of rotatable bonds is 5. The molecule has 0 saturated carbocycles. The van der Waals surface area contributed by atoms with Gasteiger partial charge in [-0.1, -0.05) is 37.1 Å². The first-order valence-electron chi connectivity index (χ1n) is 7.13. The lowest BCUT2D eigenvalue weighted by Gasteiger charge is -2.24. The fraction of sp³-hybridized carbons (Fsp3) is 0.562. The van der Waals surface area contributed by atoms with Gasteiger partial charge in [0.1, 0.15) is 12.7 Å². The second-order valence-electron chi connectivity index (χ2n) is 6.50. The third kappa shape index (κ3) is 3.44. The summed E-state index contributed by atoms with van der Waals surface area (Å²) in [4.78, 5) is 0. The molecule has 0 aromatic carbocycles. The largest absolute Gasteiger partial charge is 0.208 e. The van der Waals surface area contributed by atoms with E-state index in [0.717, 1.165) is 6.42 Å². The molecule has 20 heavy (non-hydrogen) atoms. The van der Waals surface area contributed by atoms with Crippen LogP contribution in [0.4, 0.5) is 0 Å². The van der Waals surface area contributed by atoms with Crippen molar-refractivity contribution in [3.63, 3.8) is 0 Å². The Balaban J connectivity index is 2.11. The number of aromatic nitrogens is 3. The maximum absolute atomic E-state index is 4.40. The topological polar surface area (TPSA) is 43.1 Å². The molecule has 4 nitrogen and oxygen atoms in total. The first kappa shape index (κ1) is 14.7. The van der Waals surface area contributed by atoms with Gasteiger partial charge in [0.25, 0.3) is 0 Å². The fourth-order valence-corrected chi connectivity index (χ4v) is 2.83. The number of nitrogens with zero attached hydrogens (tertiary/aromatic N) is 4. The van der Waals surface area contributed by atoms with Gasteiger partial charge in [-0.3, -0.25) is 0 Å². The minimum atomic E-state index is 0.0128. The van der Waals surface area contributed by atoms with Crippen LogP contribution in [0.2, 0.25) is 0 Å². The van der Waals surface area contributed by atoms with E-state index in [2.05, 4.69) is 49.6 Å². The molecule has 1 aliphatic rings. The van der Waals surface area contributed by atoms with Crippen LogP contribution in [0.3, 0.4) is 0 Å². The molecule has 2 rings (SSSR count). The highest BCUT2D eigenvalue weighted by molar-refractivity contribution is 5.65. The van der Waals surface area contributed by atoms with Crippen molar-refractivity contribution in [3.8, 4) is 0 Å². The van der Waals surface area contributed by atoms with Crippen LogP contribution in [0.1, 0.15) is 47.0 Å². The summed E-state index contributed by atoms with van der Waals surface area (Å²) < 4.78 is 1.63. The molecule has 1 atom stereocenters. The summed E-state index contributed by atoms with van der Waals surface area (Å²) in [6.07, 6.45) is 8.64. The van der Waals surface area contributed by atoms with Crippen LogP contribution in [0.15, 0.2) is 41.1 Å². The highest BCUT2D eigenvalue weighted by Gasteiger charge is 2.28. The summed E-state index contributed by atoms with van der Waals surface area (Å²) in [5, 5.41) is 11.9. The molecule has 0 spiro atoms. The van der Waals surface area contributed by atoms with E-state index < -0.39 is 0 Å². The average molecular weight is 272 g/mol. The van der Waals surface area contributed by atoms with Crippen molar-refractivity contribution < 1.29 is 0 Å². The van der Waals surface area contributed by atoms with Crippen molar-refractivity contribution in [2.75, 3.05) is 0 Å². The van der Waals surface area contributed by atoms with Crippen LogP contribution in [-0.2, 0) is 0 Å². The van der Waals surface area contributed by atoms with Gasteiger partial charge in [-0.25, -0.2) is 4.68 Å². The predicted molar refractivity (Wildman–Crippen MR) is 82.5 cm³/mol. The third-order valence-electron chi connectivity index (χ3n) is 3.96. The Bertz CT molecular complexity index is 535. The van der Waals surface area contributed by atoms with Gasteiger partial charge < -0.3 is 0 Å². The lowest BCUT2D eigenvalue weighted by atomic mass is 9.81. The van der Waals surface area contributed by atoms with Gasteiger partial charge >= 0.3 is 0 Å². The highest BCUT2D eigenvalue weighted by atomic mass is 15.4. The molecular weight excluding hydrogens is 248 g/mol. The summed E-state index contributed by atoms with van der Waals surface area (Å²) in [5.41, 5.74) is 4.38. The minimum absolute atomic E-state index is 0.0128. The summed E-state index contributed by atoms with van der Waals surface area (Å²) >= 11 is 0. The van der Waals surface area contributed by atoms with Crippen LogP contribution in [0, 0.1) is 11.3 Å². The van der Waals surface area contributed by atoms with E-state index >= 15 is 0 Å². The minimum Gasteiger partial charge on any atom is -0.208 e. The first-order valence-corrected chi connectivity index (χ1v) is 7.13. The molecule has 0 saturated heterocycles. The molecule has 1 aliphatic carbocycles. The van der Waals surface area contributed by atoms with Gasteiger partial charge in [0, 0.05) is 17.5 Å². The molecule has 0 N–H and O–H groups in total. The Morgan fingerprint density at radius 1 is 1.50 bits per heavy atom. The normalized spacial score (nSPS) is 20.1. The van der Waals surface area contributed by atoms with E-state index in [1.165, 1.54) is 24.0 Å². The van der Waals surface area contributed by atoms with Gasteiger partial charge in [-0.2, -0.15) is 5.10 Å². The predicted octanol–water partition coefficient (Wildman–Crippen LogP) is 3.83. The van der Waals surface area contributed by atoms with Crippen molar-refractivity contribution in [2.24, 2.45) is 16.4 Å². The first-order chi connectivity index (χ1) is 9.39. The van der Waals surface area contributed by atoms with Crippen molar-refractivity contribution >= 4 is 6.21 Å². The van der Waals surface area contributed by atoms with Gasteiger partial charge in [0.2, 0.25) is 0 Å². The molecule has 0 bridgehead atoms. The summed E-state index contributed by atoms with van der Waals surface area (Å²) in [7, 11) is 0. The van der Waals surface area contributed by atoms with E-state index in [9.17, 15) is 0 Å². The highest BCUT2D eigenvalue weighted by Crippen LogP contribution is 2.41. The van der Waals surface area contributed by atoms with Crippen LogP contribution in [-0.4, -0.2) is 21.1 Å². The fourth-order valence-electron chi connectivity index (χ4n) is 2.83. The van der Waals surface area contributed by atoms with E-state index in [-0.39, 0.29) is 5.41 Å². The molecule has 0 aliphatic heterocycles. The van der Waals surface area contributed by atoms with Crippen LogP contribution < -0.4 is 0 Å². The van der Waals surface area contributed by atoms with Crippen molar-refractivity contribution in [1.29, 1.82) is 0 Å². The smallest absolute Gasteiger partial charge is 0.141 e. The number of allylic oxidation sites excluding steroid dienone is 3. The molecular formula is C16H24N4. The zero-order chi connectivity index (χ0) is 14.8. The average Bonchev–Trinajstić information content (AvgIpc) is 2.98. The Morgan fingerprint density at radius 3 is 2.75 bits per heavy atom. The number of hydrogen-bond donors (Lipinski definition) is 0. The molecule has 0 amide bonds. The van der Waals surface area contributed by atoms with Crippen LogP contribution in [0.25, 0.3) is 0 Å². The molecule has 0 radical (unpaired) electrons. The van der Waals surface area contributed by atoms with Gasteiger partial charge in [-0.15, -0.1) is 10.2 Å². The van der Waals surface area contributed by atoms with Crippen LogP contribution in [0.5, 0.6) is 0 Å². The Morgan fingerprint density at radius 2 is 2.15 bits per heavy atom. The summed E-state index contributed by atoms with van der Waals surface area (Å²) in [5.74, 6) is 0.553. The van der Waals surface area contributed by atoms with Gasteiger partial charge in [0.15, 0.2) is 0 Å². The van der Waals surface area contributed by atoms with Gasteiger partial charge in [0.05, 0.1) is 0 Å². The molecule has 1 aromatic rings. The monoisotopic (exact) mass is 272 g/mol. The van der Waals surface area contributed by atoms with Gasteiger partial charge in [-0.05, 0) is 33.1 Å². The maximum atomic E-state index is 4.40. The quantitative estimate of drug-likeness (QED) is 0.604. The van der Waals surface area contributed by atoms with E-state index in [1.807, 2.05) is 6.21 Å². The van der Waals surface area contributed by atoms with E-state index in [1.54, 1.807) is 22.9 Å². The molecule has 4 heteroatoms. The second kappa shape index (κ2) is 5.73. The maximum Gasteiger partial charge on any atom is 0.141 e. The lowest BCUT2D eigenvalue weighted by molar-refractivity contribution is 0.498. The molecule has 1 aromatic heterocycles. The standard InChI is InChI=1S/C16H24N4/c1-12(2)14-7-6-13(3)15(14)8-16(4,5)9-19-20-10-17-18-11-20/h9-11,14H,1,6-8H2,2-5H3/b19-9+/t14-/m0/s1.